The normalized spacial score (nSPS) is 15.6. The van der Waals surface area contributed by atoms with Gasteiger partial charge in [0.1, 0.15) is 11.5 Å². The fourth-order valence-electron chi connectivity index (χ4n) is 2.95. The molecule has 0 spiro atoms. The van der Waals surface area contributed by atoms with Gasteiger partial charge in [-0.25, -0.2) is 9.18 Å². The first-order valence-corrected chi connectivity index (χ1v) is 7.76. The molecule has 1 fully saturated rings. The largest absolute Gasteiger partial charge is 0.342 e. The van der Waals surface area contributed by atoms with Crippen LogP contribution in [0.1, 0.15) is 11.1 Å². The lowest BCUT2D eigenvalue weighted by Gasteiger charge is -2.05. The van der Waals surface area contributed by atoms with E-state index in [0.29, 0.717) is 6.54 Å². The number of amides is 3. The molecule has 3 amide bonds. The van der Waals surface area contributed by atoms with E-state index in [4.69, 9.17) is 0 Å². The van der Waals surface area contributed by atoms with E-state index >= 15 is 0 Å². The number of rotatable bonds is 3. The van der Waals surface area contributed by atoms with Crippen LogP contribution in [0.3, 0.4) is 0 Å². The lowest BCUT2D eigenvalue weighted by Crippen LogP contribution is -2.22. The van der Waals surface area contributed by atoms with Crippen LogP contribution in [0.2, 0.25) is 0 Å². The van der Waals surface area contributed by atoms with Gasteiger partial charge in [0.25, 0.3) is 5.91 Å². The van der Waals surface area contributed by atoms with Crippen molar-refractivity contribution in [2.75, 3.05) is 0 Å². The Labute approximate surface area is 142 Å². The van der Waals surface area contributed by atoms with Crippen molar-refractivity contribution in [3.8, 4) is 0 Å². The van der Waals surface area contributed by atoms with Gasteiger partial charge in [-0.1, -0.05) is 30.3 Å². The van der Waals surface area contributed by atoms with Crippen molar-refractivity contribution < 1.29 is 14.0 Å². The summed E-state index contributed by atoms with van der Waals surface area (Å²) in [4.78, 5) is 23.0. The molecule has 0 radical (unpaired) electrons. The first-order valence-electron chi connectivity index (χ1n) is 7.76. The number of halogens is 1. The second kappa shape index (κ2) is 5.90. The number of carbonyl (C=O) groups excluding carboxylic acids is 2. The number of aromatic nitrogens is 1. The molecule has 5 nitrogen and oxygen atoms in total. The summed E-state index contributed by atoms with van der Waals surface area (Å²) >= 11 is 0. The SMILES string of the molecule is O=C1NC(=O)/C(=C\c2cn(Cc3ccc(F)cc3)c3ccccc23)N1. The molecule has 0 aliphatic carbocycles. The summed E-state index contributed by atoms with van der Waals surface area (Å²) in [5.74, 6) is -0.713. The van der Waals surface area contributed by atoms with Gasteiger partial charge in [0.05, 0.1) is 0 Å². The van der Waals surface area contributed by atoms with E-state index in [0.717, 1.165) is 22.0 Å². The Kier molecular flexibility index (Phi) is 3.57. The maximum atomic E-state index is 13.1. The third-order valence-corrected chi connectivity index (χ3v) is 4.11. The fourth-order valence-corrected chi connectivity index (χ4v) is 2.95. The van der Waals surface area contributed by atoms with E-state index in [9.17, 15) is 14.0 Å². The van der Waals surface area contributed by atoms with Crippen LogP contribution in [0.5, 0.6) is 0 Å². The molecule has 1 aromatic heterocycles. The van der Waals surface area contributed by atoms with Gasteiger partial charge in [0, 0.05) is 29.2 Å². The zero-order valence-electron chi connectivity index (χ0n) is 13.1. The Morgan fingerprint density at radius 2 is 1.76 bits per heavy atom. The Balaban J connectivity index is 1.76. The number of nitrogens with one attached hydrogen (secondary N) is 2. The monoisotopic (exact) mass is 335 g/mol. The molecule has 6 heteroatoms. The standard InChI is InChI=1S/C19H14FN3O2/c20-14-7-5-12(6-8-14)10-23-11-13(15-3-1-2-4-17(15)23)9-16-18(24)22-19(25)21-16/h1-9,11H,10H2,(H2,21,22,24,25)/b16-9+. The number of urea groups is 1. The molecule has 1 saturated heterocycles. The van der Waals surface area contributed by atoms with E-state index < -0.39 is 11.9 Å². The average Bonchev–Trinajstić information content (AvgIpc) is 3.10. The molecule has 0 unspecified atom stereocenters. The molecule has 1 aliphatic heterocycles. The summed E-state index contributed by atoms with van der Waals surface area (Å²) < 4.78 is 15.1. The first kappa shape index (κ1) is 15.1. The van der Waals surface area contributed by atoms with Crippen LogP contribution in [0, 0.1) is 5.82 Å². The zero-order valence-corrected chi connectivity index (χ0v) is 13.1. The third-order valence-electron chi connectivity index (χ3n) is 4.11. The molecule has 2 aromatic carbocycles. The molecule has 3 aromatic rings. The highest BCUT2D eigenvalue weighted by molar-refractivity contribution is 6.14. The van der Waals surface area contributed by atoms with Gasteiger partial charge in [-0.05, 0) is 29.8 Å². The van der Waals surface area contributed by atoms with Crippen molar-refractivity contribution in [3.05, 3.63) is 77.4 Å². The summed E-state index contributed by atoms with van der Waals surface area (Å²) in [6.07, 6.45) is 3.57. The molecule has 2 N–H and O–H groups in total. The summed E-state index contributed by atoms with van der Waals surface area (Å²) in [6.45, 7) is 0.572. The van der Waals surface area contributed by atoms with Gasteiger partial charge in [0.2, 0.25) is 0 Å². The van der Waals surface area contributed by atoms with E-state index in [1.165, 1.54) is 12.1 Å². The molecule has 0 saturated carbocycles. The second-order valence-electron chi connectivity index (χ2n) is 5.82. The Morgan fingerprint density at radius 1 is 1.00 bits per heavy atom. The minimum atomic E-state index is -0.522. The molecule has 124 valence electrons. The van der Waals surface area contributed by atoms with E-state index in [1.54, 1.807) is 18.2 Å². The summed E-state index contributed by atoms with van der Waals surface area (Å²) in [5, 5.41) is 5.64. The maximum Gasteiger partial charge on any atom is 0.326 e. The summed E-state index contributed by atoms with van der Waals surface area (Å²) in [7, 11) is 0. The van der Waals surface area contributed by atoms with Crippen molar-refractivity contribution in [1.29, 1.82) is 0 Å². The van der Waals surface area contributed by atoms with E-state index in [2.05, 4.69) is 10.6 Å². The Hall–Kier alpha value is -3.41. The van der Waals surface area contributed by atoms with Gasteiger partial charge < -0.3 is 9.88 Å². The van der Waals surface area contributed by atoms with Gasteiger partial charge in [-0.3, -0.25) is 10.1 Å². The fraction of sp³-hybridized carbons (Fsp3) is 0.0526. The maximum absolute atomic E-state index is 13.1. The van der Waals surface area contributed by atoms with Crippen molar-refractivity contribution in [3.63, 3.8) is 0 Å². The molecular formula is C19H14FN3O2. The van der Waals surface area contributed by atoms with Gasteiger partial charge in [0.15, 0.2) is 0 Å². The molecule has 0 atom stereocenters. The van der Waals surface area contributed by atoms with Gasteiger partial charge in [-0.15, -0.1) is 0 Å². The lowest BCUT2D eigenvalue weighted by molar-refractivity contribution is -0.115. The van der Waals surface area contributed by atoms with Crippen LogP contribution in [0.4, 0.5) is 9.18 Å². The first-order chi connectivity index (χ1) is 12.1. The van der Waals surface area contributed by atoms with Crippen molar-refractivity contribution in [1.82, 2.24) is 15.2 Å². The van der Waals surface area contributed by atoms with Crippen LogP contribution in [0.25, 0.3) is 17.0 Å². The van der Waals surface area contributed by atoms with Gasteiger partial charge in [-0.2, -0.15) is 0 Å². The van der Waals surface area contributed by atoms with E-state index in [-0.39, 0.29) is 11.5 Å². The van der Waals surface area contributed by atoms with Crippen molar-refractivity contribution in [2.24, 2.45) is 0 Å². The number of fused-ring (bicyclic) bond motifs is 1. The lowest BCUT2D eigenvalue weighted by atomic mass is 10.1. The van der Waals surface area contributed by atoms with Gasteiger partial charge >= 0.3 is 6.03 Å². The van der Waals surface area contributed by atoms with Crippen LogP contribution < -0.4 is 10.6 Å². The minimum absolute atomic E-state index is 0.217. The zero-order chi connectivity index (χ0) is 17.4. The molecule has 0 bridgehead atoms. The topological polar surface area (TPSA) is 63.1 Å². The quantitative estimate of drug-likeness (QED) is 0.571. The number of para-hydroxylation sites is 1. The number of carbonyl (C=O) groups is 2. The number of imide groups is 1. The second-order valence-corrected chi connectivity index (χ2v) is 5.82. The Bertz CT molecular complexity index is 1020. The highest BCUT2D eigenvalue weighted by Gasteiger charge is 2.23. The molecule has 1 aliphatic rings. The minimum Gasteiger partial charge on any atom is -0.342 e. The number of benzene rings is 2. The smallest absolute Gasteiger partial charge is 0.326 e. The van der Waals surface area contributed by atoms with Crippen molar-refractivity contribution in [2.45, 2.75) is 6.54 Å². The highest BCUT2D eigenvalue weighted by Crippen LogP contribution is 2.24. The molecule has 2 heterocycles. The number of hydrogen-bond acceptors (Lipinski definition) is 2. The molecule has 25 heavy (non-hydrogen) atoms. The summed E-state index contributed by atoms with van der Waals surface area (Å²) in [5.41, 5.74) is 3.00. The predicted molar refractivity (Wildman–Crippen MR) is 92.1 cm³/mol. The van der Waals surface area contributed by atoms with Crippen LogP contribution in [-0.2, 0) is 11.3 Å². The Morgan fingerprint density at radius 3 is 2.48 bits per heavy atom. The van der Waals surface area contributed by atoms with Crippen molar-refractivity contribution >= 4 is 28.9 Å². The summed E-state index contributed by atoms with van der Waals surface area (Å²) in [6, 6.07) is 13.6. The highest BCUT2D eigenvalue weighted by atomic mass is 19.1. The number of nitrogens with zero attached hydrogens (tertiary/aromatic N) is 1. The van der Waals surface area contributed by atoms with E-state index in [1.807, 2.05) is 35.0 Å². The predicted octanol–water partition coefficient (Wildman–Crippen LogP) is 3.01. The average molecular weight is 335 g/mol. The molecular weight excluding hydrogens is 321 g/mol. The van der Waals surface area contributed by atoms with Crippen LogP contribution in [0.15, 0.2) is 60.4 Å². The number of hydrogen-bond donors (Lipinski definition) is 2. The molecule has 4 rings (SSSR count). The van der Waals surface area contributed by atoms with Crippen LogP contribution >= 0.6 is 0 Å². The third kappa shape index (κ3) is 2.89. The van der Waals surface area contributed by atoms with Crippen LogP contribution in [-0.4, -0.2) is 16.5 Å².